The molecular formula is C19H31NO6S. The van der Waals surface area contributed by atoms with Crippen molar-refractivity contribution in [2.75, 3.05) is 31.4 Å². The molecule has 7 nitrogen and oxygen atoms in total. The van der Waals surface area contributed by atoms with Gasteiger partial charge in [-0.05, 0) is 57.7 Å². The van der Waals surface area contributed by atoms with Crippen molar-refractivity contribution in [3.05, 3.63) is 23.8 Å². The molecule has 0 spiro atoms. The van der Waals surface area contributed by atoms with Crippen LogP contribution < -0.4 is 9.04 Å². The number of hydrogen-bond donors (Lipinski definition) is 1. The lowest BCUT2D eigenvalue weighted by molar-refractivity contribution is -0.106. The standard InChI is InChI=1S/C13H15NO4S.C5H12O.CH4O/c1-19(17)14(9-16)12-5-4-11(7-15)6-13(12)18-8-10-2-3-10;1-5(2,3)6-4;1-2/h4-7,9-10H,2-3,8H2,1H3;1-4H3;2H,1H3. The predicted octanol–water partition coefficient (Wildman–Crippen LogP) is 2.58. The number of aliphatic hydroxyl groups is 1. The summed E-state index contributed by atoms with van der Waals surface area (Å²) in [4.78, 5) is 21.8. The van der Waals surface area contributed by atoms with E-state index in [1.807, 2.05) is 20.8 Å². The van der Waals surface area contributed by atoms with Crippen LogP contribution in [0.4, 0.5) is 5.69 Å². The first-order valence-corrected chi connectivity index (χ1v) is 10.0. The number of amides is 1. The van der Waals surface area contributed by atoms with E-state index in [1.54, 1.807) is 25.3 Å². The van der Waals surface area contributed by atoms with Crippen LogP contribution in [-0.2, 0) is 20.5 Å². The van der Waals surface area contributed by atoms with E-state index >= 15 is 0 Å². The second-order valence-electron chi connectivity index (χ2n) is 6.77. The molecule has 1 amide bonds. The Morgan fingerprint density at radius 3 is 2.19 bits per heavy atom. The largest absolute Gasteiger partial charge is 0.491 e. The summed E-state index contributed by atoms with van der Waals surface area (Å²) in [5.74, 6) is 0.961. The number of ether oxygens (including phenoxy) is 2. The van der Waals surface area contributed by atoms with Crippen molar-refractivity contribution in [1.82, 2.24) is 0 Å². The molecule has 8 heteroatoms. The van der Waals surface area contributed by atoms with Crippen molar-refractivity contribution in [2.24, 2.45) is 5.92 Å². The van der Waals surface area contributed by atoms with Crippen LogP contribution in [0.3, 0.4) is 0 Å². The number of carbonyl (C=O) groups excluding carboxylic acids is 2. The molecule has 27 heavy (non-hydrogen) atoms. The van der Waals surface area contributed by atoms with Crippen molar-refractivity contribution in [2.45, 2.75) is 39.2 Å². The number of hydrogen-bond acceptors (Lipinski definition) is 6. The number of methoxy groups -OCH3 is 1. The van der Waals surface area contributed by atoms with E-state index in [9.17, 15) is 13.8 Å². The van der Waals surface area contributed by atoms with Gasteiger partial charge in [0.15, 0.2) is 0 Å². The summed E-state index contributed by atoms with van der Waals surface area (Å²) >= 11 is 0. The van der Waals surface area contributed by atoms with Crippen molar-refractivity contribution in [1.29, 1.82) is 0 Å². The molecular weight excluding hydrogens is 370 g/mol. The van der Waals surface area contributed by atoms with Gasteiger partial charge < -0.3 is 14.6 Å². The molecule has 0 bridgehead atoms. The third kappa shape index (κ3) is 10.2. The number of aldehydes is 1. The molecule has 1 unspecified atom stereocenters. The summed E-state index contributed by atoms with van der Waals surface area (Å²) in [6, 6.07) is 4.70. The van der Waals surface area contributed by atoms with Gasteiger partial charge in [0.2, 0.25) is 6.41 Å². The zero-order valence-electron chi connectivity index (χ0n) is 16.9. The molecule has 0 saturated heterocycles. The second-order valence-corrected chi connectivity index (χ2v) is 8.01. The Hall–Kier alpha value is -1.77. The number of nitrogens with zero attached hydrogens (tertiary/aromatic N) is 1. The van der Waals surface area contributed by atoms with Crippen LogP contribution in [0.1, 0.15) is 44.0 Å². The second kappa shape index (κ2) is 12.6. The van der Waals surface area contributed by atoms with Crippen LogP contribution in [-0.4, -0.2) is 54.7 Å². The molecule has 1 atom stereocenters. The van der Waals surface area contributed by atoms with Crippen molar-refractivity contribution >= 4 is 29.4 Å². The van der Waals surface area contributed by atoms with Gasteiger partial charge in [0.05, 0.1) is 17.9 Å². The van der Waals surface area contributed by atoms with Crippen molar-refractivity contribution < 1.29 is 28.4 Å². The number of carbonyl (C=O) groups is 2. The Balaban J connectivity index is 0.000000722. The van der Waals surface area contributed by atoms with Gasteiger partial charge in [-0.3, -0.25) is 9.59 Å². The topological polar surface area (TPSA) is 93.1 Å². The van der Waals surface area contributed by atoms with Gasteiger partial charge in [-0.25, -0.2) is 8.51 Å². The van der Waals surface area contributed by atoms with Crippen molar-refractivity contribution in [3.63, 3.8) is 0 Å². The van der Waals surface area contributed by atoms with Gasteiger partial charge >= 0.3 is 0 Å². The maximum Gasteiger partial charge on any atom is 0.226 e. The predicted molar refractivity (Wildman–Crippen MR) is 108 cm³/mol. The SMILES string of the molecule is CO.COC(C)(C)C.CS(=O)N(C=O)c1ccc(C=O)cc1OCC1CC1. The van der Waals surface area contributed by atoms with Crippen LogP contribution in [0.25, 0.3) is 0 Å². The number of aliphatic hydroxyl groups excluding tert-OH is 1. The maximum absolute atomic E-state index is 11.5. The molecule has 154 valence electrons. The average Bonchev–Trinajstić information content (AvgIpc) is 3.47. The minimum Gasteiger partial charge on any atom is -0.491 e. The first-order valence-electron chi connectivity index (χ1n) is 8.51. The summed E-state index contributed by atoms with van der Waals surface area (Å²) in [5.41, 5.74) is 0.921. The van der Waals surface area contributed by atoms with Gasteiger partial charge in [-0.1, -0.05) is 0 Å². The van der Waals surface area contributed by atoms with E-state index in [2.05, 4.69) is 0 Å². The molecule has 1 aromatic rings. The van der Waals surface area contributed by atoms with E-state index in [0.717, 1.165) is 24.3 Å². The molecule has 1 N–H and O–H groups in total. The smallest absolute Gasteiger partial charge is 0.226 e. The van der Waals surface area contributed by atoms with Crippen LogP contribution in [0.15, 0.2) is 18.2 Å². The lowest BCUT2D eigenvalue weighted by atomic mass is 10.2. The van der Waals surface area contributed by atoms with E-state index in [1.165, 1.54) is 6.26 Å². The molecule has 0 heterocycles. The maximum atomic E-state index is 11.5. The quantitative estimate of drug-likeness (QED) is 0.706. The third-order valence-electron chi connectivity index (χ3n) is 3.51. The van der Waals surface area contributed by atoms with Crippen LogP contribution in [0, 0.1) is 5.92 Å². The van der Waals surface area contributed by atoms with E-state index in [4.69, 9.17) is 14.6 Å². The first kappa shape index (κ1) is 25.2. The minimum atomic E-state index is -1.47. The highest BCUT2D eigenvalue weighted by Gasteiger charge is 2.23. The lowest BCUT2D eigenvalue weighted by Crippen LogP contribution is -2.23. The molecule has 0 radical (unpaired) electrons. The van der Waals surface area contributed by atoms with Crippen LogP contribution in [0.2, 0.25) is 0 Å². The van der Waals surface area contributed by atoms with Crippen LogP contribution in [0.5, 0.6) is 5.75 Å². The highest BCUT2D eigenvalue weighted by atomic mass is 32.2. The van der Waals surface area contributed by atoms with E-state index in [0.29, 0.717) is 42.2 Å². The third-order valence-corrected chi connectivity index (χ3v) is 4.35. The fraction of sp³-hybridized carbons (Fsp3) is 0.579. The Kier molecular flexibility index (Phi) is 11.8. The summed E-state index contributed by atoms with van der Waals surface area (Å²) in [5, 5.41) is 7.00. The monoisotopic (exact) mass is 401 g/mol. The Labute approximate surface area is 164 Å². The molecule has 1 aliphatic carbocycles. The zero-order chi connectivity index (χ0) is 21.0. The van der Waals surface area contributed by atoms with E-state index in [-0.39, 0.29) is 5.60 Å². The molecule has 0 aromatic heterocycles. The van der Waals surface area contributed by atoms with Gasteiger partial charge in [0.1, 0.15) is 23.0 Å². The molecule has 1 fully saturated rings. The van der Waals surface area contributed by atoms with Crippen LogP contribution >= 0.6 is 0 Å². The normalized spacial score (nSPS) is 13.9. The Bertz CT molecular complexity index is 611. The van der Waals surface area contributed by atoms with Gasteiger partial charge in [0.25, 0.3) is 0 Å². The molecule has 1 saturated carbocycles. The lowest BCUT2D eigenvalue weighted by Gasteiger charge is -2.18. The van der Waals surface area contributed by atoms with Gasteiger partial charge in [-0.2, -0.15) is 0 Å². The summed E-state index contributed by atoms with van der Waals surface area (Å²) in [6.07, 6.45) is 4.89. The van der Waals surface area contributed by atoms with Crippen molar-refractivity contribution in [3.8, 4) is 5.75 Å². The molecule has 1 aliphatic rings. The zero-order valence-corrected chi connectivity index (χ0v) is 17.7. The summed E-state index contributed by atoms with van der Waals surface area (Å²) < 4.78 is 23.2. The molecule has 1 aromatic carbocycles. The Morgan fingerprint density at radius 1 is 1.26 bits per heavy atom. The molecule has 2 rings (SSSR count). The molecule has 0 aliphatic heterocycles. The Morgan fingerprint density at radius 2 is 1.81 bits per heavy atom. The highest BCUT2D eigenvalue weighted by Crippen LogP contribution is 2.33. The van der Waals surface area contributed by atoms with Gasteiger partial charge in [-0.15, -0.1) is 0 Å². The fourth-order valence-corrected chi connectivity index (χ4v) is 2.20. The number of anilines is 1. The summed E-state index contributed by atoms with van der Waals surface area (Å²) in [7, 11) is 1.23. The first-order chi connectivity index (χ1) is 12.7. The minimum absolute atomic E-state index is 0.0417. The number of benzene rings is 1. The average molecular weight is 402 g/mol. The fourth-order valence-electron chi connectivity index (χ4n) is 1.65. The number of rotatable bonds is 7. The summed E-state index contributed by atoms with van der Waals surface area (Å²) in [6.45, 7) is 6.62. The van der Waals surface area contributed by atoms with Gasteiger partial charge in [0, 0.05) is 26.0 Å². The highest BCUT2D eigenvalue weighted by molar-refractivity contribution is 7.86. The van der Waals surface area contributed by atoms with E-state index < -0.39 is 11.0 Å².